The molecule has 1 fully saturated rings. The van der Waals surface area contributed by atoms with Crippen molar-refractivity contribution in [2.24, 2.45) is 0 Å². The predicted molar refractivity (Wildman–Crippen MR) is 258 cm³/mol. The highest BCUT2D eigenvalue weighted by molar-refractivity contribution is 7.47. The summed E-state index contributed by atoms with van der Waals surface area (Å²) in [7, 11) is -5.13. The Bertz CT molecular complexity index is 1370. The average Bonchev–Trinajstić information content (AvgIpc) is 3.29. The Kier molecular flexibility index (Phi) is 37.8. The molecule has 0 aromatic carbocycles. The Balaban J connectivity index is 2.45. The third kappa shape index (κ3) is 32.8. The van der Waals surface area contributed by atoms with Crippen LogP contribution in [0.2, 0.25) is 0 Å². The lowest BCUT2D eigenvalue weighted by Gasteiger charge is -2.41. The van der Waals surface area contributed by atoms with Crippen molar-refractivity contribution in [1.29, 1.82) is 0 Å². The van der Waals surface area contributed by atoms with E-state index < -0.39 is 75.7 Å². The molecule has 0 amide bonds. The first-order valence-electron chi connectivity index (χ1n) is 25.1. The third-order valence-electron chi connectivity index (χ3n) is 11.4. The number of phosphoric acid groups is 1. The second-order valence-corrected chi connectivity index (χ2v) is 18.7. The topological polar surface area (TPSA) is 210 Å². The Morgan fingerprint density at radius 1 is 0.492 bits per heavy atom. The first-order valence-corrected chi connectivity index (χ1v) is 26.6. The van der Waals surface area contributed by atoms with Crippen LogP contribution in [0.15, 0.2) is 60.8 Å². The molecule has 0 bridgehead atoms. The van der Waals surface area contributed by atoms with Gasteiger partial charge in [0.25, 0.3) is 0 Å². The number of rotatable bonds is 41. The molecular formula is C51H89O13P. The van der Waals surface area contributed by atoms with Crippen molar-refractivity contribution in [1.82, 2.24) is 0 Å². The van der Waals surface area contributed by atoms with E-state index in [-0.39, 0.29) is 12.8 Å². The van der Waals surface area contributed by atoms with Crippen LogP contribution < -0.4 is 0 Å². The van der Waals surface area contributed by atoms with Crippen LogP contribution in [0.3, 0.4) is 0 Å². The van der Waals surface area contributed by atoms with E-state index in [1.54, 1.807) is 0 Å². The first kappa shape index (κ1) is 60.6. The molecule has 6 N–H and O–H groups in total. The van der Waals surface area contributed by atoms with Crippen LogP contribution in [0.25, 0.3) is 0 Å². The number of carbonyl (C=O) groups excluding carboxylic acids is 2. The molecular weight excluding hydrogens is 852 g/mol. The van der Waals surface area contributed by atoms with E-state index in [1.807, 2.05) is 12.2 Å². The van der Waals surface area contributed by atoms with Gasteiger partial charge in [0.2, 0.25) is 0 Å². The number of hydrogen-bond acceptors (Lipinski definition) is 12. The highest BCUT2D eigenvalue weighted by Crippen LogP contribution is 2.47. The predicted octanol–water partition coefficient (Wildman–Crippen LogP) is 10.5. The zero-order valence-corrected chi connectivity index (χ0v) is 40.9. The maximum absolute atomic E-state index is 12.8. The van der Waals surface area contributed by atoms with Gasteiger partial charge in [0.1, 0.15) is 43.2 Å². The molecule has 0 saturated heterocycles. The van der Waals surface area contributed by atoms with Gasteiger partial charge < -0.3 is 39.9 Å². The van der Waals surface area contributed by atoms with Crippen LogP contribution in [-0.2, 0) is 32.7 Å². The molecule has 65 heavy (non-hydrogen) atoms. The SMILES string of the molecule is CC/C=C/C/C=C/C/C=C/C/C=C/C/C=C/CCCC(=O)OC[C@H](COP(=O)(O)OC1C(O)C(O)C(O)[C@@H](O)C1O)OC(=O)CCCCCCCCCCCCCCCCCCCCC. The summed E-state index contributed by atoms with van der Waals surface area (Å²) in [5.41, 5.74) is 0. The fourth-order valence-electron chi connectivity index (χ4n) is 7.38. The largest absolute Gasteiger partial charge is 0.472 e. The smallest absolute Gasteiger partial charge is 0.462 e. The number of phosphoric ester groups is 1. The molecule has 1 rings (SSSR count). The van der Waals surface area contributed by atoms with E-state index in [9.17, 15) is 44.6 Å². The van der Waals surface area contributed by atoms with Crippen molar-refractivity contribution in [3.63, 3.8) is 0 Å². The summed E-state index contributed by atoms with van der Waals surface area (Å²) in [6, 6.07) is 0. The quantitative estimate of drug-likeness (QED) is 0.0146. The summed E-state index contributed by atoms with van der Waals surface area (Å²) >= 11 is 0. The molecule has 0 heterocycles. The lowest BCUT2D eigenvalue weighted by atomic mass is 9.85. The van der Waals surface area contributed by atoms with Gasteiger partial charge in [-0.15, -0.1) is 0 Å². The van der Waals surface area contributed by atoms with Crippen LogP contribution in [0.1, 0.15) is 194 Å². The van der Waals surface area contributed by atoms with Gasteiger partial charge in [0, 0.05) is 12.8 Å². The van der Waals surface area contributed by atoms with Crippen LogP contribution in [0, 0.1) is 0 Å². The summed E-state index contributed by atoms with van der Waals surface area (Å²) in [6.45, 7) is 3.16. The minimum absolute atomic E-state index is 0.0857. The zero-order chi connectivity index (χ0) is 47.8. The molecule has 0 aromatic rings. The van der Waals surface area contributed by atoms with Crippen molar-refractivity contribution in [3.05, 3.63) is 60.8 Å². The summed E-state index contributed by atoms with van der Waals surface area (Å²) in [5, 5.41) is 50.2. The number of unbranched alkanes of at least 4 members (excludes halogenated alkanes) is 19. The monoisotopic (exact) mass is 941 g/mol. The van der Waals surface area contributed by atoms with Gasteiger partial charge in [-0.05, 0) is 51.4 Å². The molecule has 0 spiro atoms. The maximum Gasteiger partial charge on any atom is 0.472 e. The minimum atomic E-state index is -5.13. The van der Waals surface area contributed by atoms with Crippen LogP contribution in [-0.4, -0.2) is 98.3 Å². The standard InChI is InChI=1S/C51H89O13P/c1-3-5-7-9-11-13-15-17-19-21-22-24-26-28-30-32-34-36-38-40-45(53)63-43(42-62-65(59,60)64-51-49(57)47(55)46(54)48(56)50(51)58)41-61-44(52)39-37-35-33-31-29-27-25-23-20-18-16-14-12-10-8-6-4-2/h6,8,12,14,18,20,25,27,31,33,43,46-51,54-58H,3-5,7,9-11,13,15-17,19,21-24,26,28-30,32,34-42H2,1-2H3,(H,59,60)/b8-6+,14-12+,20-18+,27-25+,33-31+/t43-,46?,47-,48?,49?,50?,51?/m1/s1. The normalized spacial score (nSPS) is 21.9. The van der Waals surface area contributed by atoms with Crippen molar-refractivity contribution in [3.8, 4) is 0 Å². The number of carbonyl (C=O) groups is 2. The van der Waals surface area contributed by atoms with Gasteiger partial charge in [0.15, 0.2) is 6.10 Å². The highest BCUT2D eigenvalue weighted by atomic mass is 31.2. The van der Waals surface area contributed by atoms with Crippen molar-refractivity contribution < 1.29 is 63.1 Å². The summed E-state index contributed by atoms with van der Waals surface area (Å²) in [6.07, 6.45) is 37.1. The van der Waals surface area contributed by atoms with Crippen molar-refractivity contribution in [2.75, 3.05) is 13.2 Å². The molecule has 1 saturated carbocycles. The summed E-state index contributed by atoms with van der Waals surface area (Å²) < 4.78 is 33.6. The molecule has 0 radical (unpaired) electrons. The van der Waals surface area contributed by atoms with Crippen molar-refractivity contribution >= 4 is 19.8 Å². The second-order valence-electron chi connectivity index (χ2n) is 17.3. The average molecular weight is 941 g/mol. The first-order chi connectivity index (χ1) is 31.4. The molecule has 376 valence electrons. The van der Waals surface area contributed by atoms with E-state index in [4.69, 9.17) is 18.5 Å². The number of ether oxygens (including phenoxy) is 2. The number of aliphatic hydroxyl groups excluding tert-OH is 5. The molecule has 8 atom stereocenters. The number of aliphatic hydroxyl groups is 5. The molecule has 13 nitrogen and oxygen atoms in total. The summed E-state index contributed by atoms with van der Waals surface area (Å²) in [5.74, 6) is -1.16. The molecule has 0 aliphatic heterocycles. The van der Waals surface area contributed by atoms with Gasteiger partial charge in [-0.25, -0.2) is 4.57 Å². The Labute approximate surface area is 392 Å². The van der Waals surface area contributed by atoms with E-state index in [0.717, 1.165) is 57.8 Å². The number of allylic oxidation sites excluding steroid dienone is 10. The molecule has 14 heteroatoms. The molecule has 6 unspecified atom stereocenters. The van der Waals surface area contributed by atoms with Gasteiger partial charge in [0.05, 0.1) is 6.61 Å². The van der Waals surface area contributed by atoms with Gasteiger partial charge in [-0.1, -0.05) is 190 Å². The van der Waals surface area contributed by atoms with Crippen LogP contribution in [0.5, 0.6) is 0 Å². The van der Waals surface area contributed by atoms with E-state index >= 15 is 0 Å². The third-order valence-corrected chi connectivity index (χ3v) is 12.4. The van der Waals surface area contributed by atoms with Gasteiger partial charge >= 0.3 is 19.8 Å². The lowest BCUT2D eigenvalue weighted by molar-refractivity contribution is -0.220. The van der Waals surface area contributed by atoms with Crippen LogP contribution in [0.4, 0.5) is 0 Å². The molecule has 1 aliphatic carbocycles. The Hall–Kier alpha value is -2.45. The molecule has 0 aromatic heterocycles. The van der Waals surface area contributed by atoms with Crippen LogP contribution >= 0.6 is 7.82 Å². The van der Waals surface area contributed by atoms with Gasteiger partial charge in [-0.2, -0.15) is 0 Å². The van der Waals surface area contributed by atoms with Crippen molar-refractivity contribution in [2.45, 2.75) is 236 Å². The fraction of sp³-hybridized carbons (Fsp3) is 0.765. The van der Waals surface area contributed by atoms with E-state index in [0.29, 0.717) is 19.3 Å². The maximum atomic E-state index is 12.8. The van der Waals surface area contributed by atoms with E-state index in [2.05, 4.69) is 62.5 Å². The fourth-order valence-corrected chi connectivity index (χ4v) is 8.36. The Morgan fingerprint density at radius 3 is 1.32 bits per heavy atom. The lowest BCUT2D eigenvalue weighted by Crippen LogP contribution is -2.64. The number of hydrogen-bond donors (Lipinski definition) is 6. The number of esters is 2. The molecule has 1 aliphatic rings. The highest BCUT2D eigenvalue weighted by Gasteiger charge is 2.51. The van der Waals surface area contributed by atoms with E-state index in [1.165, 1.54) is 89.9 Å². The Morgan fingerprint density at radius 2 is 0.877 bits per heavy atom. The van der Waals surface area contributed by atoms with Gasteiger partial charge in [-0.3, -0.25) is 18.6 Å². The summed E-state index contributed by atoms with van der Waals surface area (Å²) in [4.78, 5) is 35.8. The second kappa shape index (κ2) is 40.6. The zero-order valence-electron chi connectivity index (χ0n) is 40.0. The minimum Gasteiger partial charge on any atom is -0.462 e.